The van der Waals surface area contributed by atoms with Crippen molar-refractivity contribution in [3.8, 4) is 0 Å². The standard InChI is InChI=1S/C23H27N3O4S/c1-17-16-20(26-12-14-30-15-13-26)7-10-22(17)24-23(27)11-4-18-2-8-21(9-3-18)31(28,29)25-19-5-6-19/h2-4,7-11,16,19,25H,5-6,12-15H2,1H3,(H,24,27)/b11-4+. The molecule has 0 bridgehead atoms. The summed E-state index contributed by atoms with van der Waals surface area (Å²) in [5.41, 5.74) is 3.63. The predicted octanol–water partition coefficient (Wildman–Crippen LogP) is 2.92. The second-order valence-electron chi connectivity index (χ2n) is 7.89. The lowest BCUT2D eigenvalue weighted by atomic mass is 10.1. The number of nitrogens with one attached hydrogen (secondary N) is 2. The fraction of sp³-hybridized carbons (Fsp3) is 0.348. The van der Waals surface area contributed by atoms with E-state index in [-0.39, 0.29) is 16.8 Å². The molecular formula is C23H27N3O4S. The number of sulfonamides is 1. The number of carbonyl (C=O) groups is 1. The summed E-state index contributed by atoms with van der Waals surface area (Å²) in [6.45, 7) is 5.16. The molecule has 7 nitrogen and oxygen atoms in total. The zero-order valence-corrected chi connectivity index (χ0v) is 18.3. The lowest BCUT2D eigenvalue weighted by molar-refractivity contribution is -0.111. The van der Waals surface area contributed by atoms with Gasteiger partial charge in [-0.05, 0) is 67.3 Å². The van der Waals surface area contributed by atoms with Gasteiger partial charge in [0.2, 0.25) is 15.9 Å². The average Bonchev–Trinajstić information content (AvgIpc) is 3.58. The van der Waals surface area contributed by atoms with E-state index in [1.165, 1.54) is 6.08 Å². The van der Waals surface area contributed by atoms with Crippen LogP contribution < -0.4 is 14.9 Å². The first-order valence-electron chi connectivity index (χ1n) is 10.5. The van der Waals surface area contributed by atoms with Crippen LogP contribution >= 0.6 is 0 Å². The van der Waals surface area contributed by atoms with Crippen LogP contribution in [0.3, 0.4) is 0 Å². The molecule has 0 atom stereocenters. The molecule has 0 aromatic heterocycles. The maximum absolute atomic E-state index is 12.3. The summed E-state index contributed by atoms with van der Waals surface area (Å²) in [4.78, 5) is 14.9. The Bertz CT molecular complexity index is 1070. The van der Waals surface area contributed by atoms with Gasteiger partial charge in [-0.2, -0.15) is 0 Å². The summed E-state index contributed by atoms with van der Waals surface area (Å²) in [7, 11) is -3.47. The summed E-state index contributed by atoms with van der Waals surface area (Å²) >= 11 is 0. The van der Waals surface area contributed by atoms with Crippen LogP contribution in [0.15, 0.2) is 53.4 Å². The molecule has 2 N–H and O–H groups in total. The van der Waals surface area contributed by atoms with Gasteiger partial charge in [-0.25, -0.2) is 13.1 Å². The zero-order valence-electron chi connectivity index (χ0n) is 17.5. The number of nitrogens with zero attached hydrogens (tertiary/aromatic N) is 1. The van der Waals surface area contributed by atoms with Crippen LogP contribution in [0.1, 0.15) is 24.0 Å². The minimum Gasteiger partial charge on any atom is -0.378 e. The fourth-order valence-electron chi connectivity index (χ4n) is 3.40. The maximum Gasteiger partial charge on any atom is 0.248 e. The Morgan fingerprint density at radius 2 is 1.81 bits per heavy atom. The van der Waals surface area contributed by atoms with Crippen molar-refractivity contribution in [2.75, 3.05) is 36.5 Å². The molecule has 8 heteroatoms. The molecule has 0 radical (unpaired) electrons. The third kappa shape index (κ3) is 5.72. The number of amides is 1. The van der Waals surface area contributed by atoms with Crippen molar-refractivity contribution in [1.82, 2.24) is 4.72 Å². The fourth-order valence-corrected chi connectivity index (χ4v) is 4.70. The molecule has 1 saturated carbocycles. The monoisotopic (exact) mass is 441 g/mol. The van der Waals surface area contributed by atoms with Crippen molar-refractivity contribution < 1.29 is 17.9 Å². The predicted molar refractivity (Wildman–Crippen MR) is 122 cm³/mol. The largest absolute Gasteiger partial charge is 0.378 e. The quantitative estimate of drug-likeness (QED) is 0.645. The number of carbonyl (C=O) groups excluding carboxylic acids is 1. The molecule has 31 heavy (non-hydrogen) atoms. The summed E-state index contributed by atoms with van der Waals surface area (Å²) in [5, 5.41) is 2.90. The van der Waals surface area contributed by atoms with Gasteiger partial charge in [0, 0.05) is 36.6 Å². The second kappa shape index (κ2) is 9.21. The molecule has 164 valence electrons. The molecule has 1 saturated heterocycles. The molecule has 2 aromatic rings. The van der Waals surface area contributed by atoms with E-state index in [1.54, 1.807) is 30.3 Å². The number of morpholine rings is 1. The van der Waals surface area contributed by atoms with Gasteiger partial charge in [-0.3, -0.25) is 4.79 Å². The SMILES string of the molecule is Cc1cc(N2CCOCC2)ccc1NC(=O)/C=C/c1ccc(S(=O)(=O)NC2CC2)cc1. The molecule has 0 unspecified atom stereocenters. The van der Waals surface area contributed by atoms with Crippen LogP contribution in [-0.2, 0) is 19.6 Å². The van der Waals surface area contributed by atoms with Crippen molar-refractivity contribution in [2.24, 2.45) is 0 Å². The Balaban J connectivity index is 1.36. The molecule has 1 aliphatic carbocycles. The Morgan fingerprint density at radius 1 is 1.10 bits per heavy atom. The Kier molecular flexibility index (Phi) is 6.41. The first-order valence-corrected chi connectivity index (χ1v) is 11.9. The van der Waals surface area contributed by atoms with Crippen LogP contribution in [0.5, 0.6) is 0 Å². The van der Waals surface area contributed by atoms with Gasteiger partial charge >= 0.3 is 0 Å². The van der Waals surface area contributed by atoms with Crippen molar-refractivity contribution >= 4 is 33.4 Å². The smallest absolute Gasteiger partial charge is 0.248 e. The van der Waals surface area contributed by atoms with Crippen LogP contribution in [0.2, 0.25) is 0 Å². The molecule has 2 aromatic carbocycles. The summed E-state index contributed by atoms with van der Waals surface area (Å²) in [6, 6.07) is 12.5. The van der Waals surface area contributed by atoms with Gasteiger partial charge in [0.1, 0.15) is 0 Å². The van der Waals surface area contributed by atoms with Crippen molar-refractivity contribution in [1.29, 1.82) is 0 Å². The Hall–Kier alpha value is -2.68. The molecule has 2 aliphatic rings. The zero-order chi connectivity index (χ0) is 21.8. The van der Waals surface area contributed by atoms with Gasteiger partial charge in [0.15, 0.2) is 0 Å². The first kappa shape index (κ1) is 21.5. The minimum atomic E-state index is -3.47. The van der Waals surface area contributed by atoms with Crippen molar-refractivity contribution in [2.45, 2.75) is 30.7 Å². The van der Waals surface area contributed by atoms with E-state index in [0.717, 1.165) is 61.6 Å². The second-order valence-corrected chi connectivity index (χ2v) is 9.60. The highest BCUT2D eigenvalue weighted by Gasteiger charge is 2.27. The number of hydrogen-bond acceptors (Lipinski definition) is 5. The van der Waals surface area contributed by atoms with Gasteiger partial charge in [0.05, 0.1) is 18.1 Å². The highest BCUT2D eigenvalue weighted by atomic mass is 32.2. The molecular weight excluding hydrogens is 414 g/mol. The van der Waals surface area contributed by atoms with Crippen molar-refractivity contribution in [3.05, 3.63) is 59.7 Å². The van der Waals surface area contributed by atoms with Crippen LogP contribution in [0.25, 0.3) is 6.08 Å². The number of ether oxygens (including phenoxy) is 1. The summed E-state index contributed by atoms with van der Waals surface area (Å²) in [5.74, 6) is -0.241. The Morgan fingerprint density at radius 3 is 2.45 bits per heavy atom. The van der Waals surface area contributed by atoms with Crippen LogP contribution in [-0.4, -0.2) is 46.7 Å². The lowest BCUT2D eigenvalue weighted by Crippen LogP contribution is -2.36. The topological polar surface area (TPSA) is 87.7 Å². The van der Waals surface area contributed by atoms with E-state index in [4.69, 9.17) is 4.74 Å². The van der Waals surface area contributed by atoms with Crippen molar-refractivity contribution in [3.63, 3.8) is 0 Å². The number of benzene rings is 2. The first-order chi connectivity index (χ1) is 14.9. The van der Waals surface area contributed by atoms with Crippen LogP contribution in [0, 0.1) is 6.92 Å². The average molecular weight is 442 g/mol. The maximum atomic E-state index is 12.3. The molecule has 1 heterocycles. The van der Waals surface area contributed by atoms with E-state index in [2.05, 4.69) is 21.0 Å². The normalized spacial score (nSPS) is 17.1. The molecule has 1 amide bonds. The third-order valence-corrected chi connectivity index (χ3v) is 6.90. The molecule has 0 spiro atoms. The molecule has 4 rings (SSSR count). The Labute approximate surface area is 183 Å². The van der Waals surface area contributed by atoms with E-state index in [9.17, 15) is 13.2 Å². The highest BCUT2D eigenvalue weighted by Crippen LogP contribution is 2.24. The van der Waals surface area contributed by atoms with E-state index in [1.807, 2.05) is 19.1 Å². The van der Waals surface area contributed by atoms with Gasteiger partial charge in [0.25, 0.3) is 0 Å². The van der Waals surface area contributed by atoms with E-state index >= 15 is 0 Å². The molecule has 2 fully saturated rings. The minimum absolute atomic E-state index is 0.0691. The number of aryl methyl sites for hydroxylation is 1. The summed E-state index contributed by atoms with van der Waals surface area (Å²) < 4.78 is 32.5. The number of hydrogen-bond donors (Lipinski definition) is 2. The number of rotatable bonds is 7. The lowest BCUT2D eigenvalue weighted by Gasteiger charge is -2.29. The highest BCUT2D eigenvalue weighted by molar-refractivity contribution is 7.89. The summed E-state index contributed by atoms with van der Waals surface area (Å²) in [6.07, 6.45) is 4.90. The number of anilines is 2. The van der Waals surface area contributed by atoms with E-state index in [0.29, 0.717) is 0 Å². The van der Waals surface area contributed by atoms with Gasteiger partial charge in [-0.15, -0.1) is 0 Å². The van der Waals surface area contributed by atoms with Gasteiger partial charge < -0.3 is 15.0 Å². The van der Waals surface area contributed by atoms with Crippen LogP contribution in [0.4, 0.5) is 11.4 Å². The molecule has 1 aliphatic heterocycles. The van der Waals surface area contributed by atoms with E-state index < -0.39 is 10.0 Å². The third-order valence-electron chi connectivity index (χ3n) is 5.36. The van der Waals surface area contributed by atoms with Gasteiger partial charge in [-0.1, -0.05) is 12.1 Å².